The summed E-state index contributed by atoms with van der Waals surface area (Å²) in [6.07, 6.45) is 0. The fourth-order valence-corrected chi connectivity index (χ4v) is 2.96. The molecule has 1 nitrogen and oxygen atoms in total. The van der Waals surface area contributed by atoms with Gasteiger partial charge in [0.05, 0.1) is 6.04 Å². The third-order valence-corrected chi connectivity index (χ3v) is 4.46. The highest BCUT2D eigenvalue weighted by molar-refractivity contribution is 6.31. The predicted octanol–water partition coefficient (Wildman–Crippen LogP) is 5.16. The van der Waals surface area contributed by atoms with Crippen molar-refractivity contribution in [3.05, 3.63) is 81.9 Å². The number of benzene rings is 3. The van der Waals surface area contributed by atoms with E-state index in [4.69, 9.17) is 17.3 Å². The first-order chi connectivity index (χ1) is 10.1. The standard InChI is InChI=1S/C19H18ClN/c1-12-7-8-14-5-3-4-6-16(14)18(12)19(21)15-9-10-17(20)13(2)11-15/h3-11,19H,21H2,1-2H3. The molecule has 0 bridgehead atoms. The molecule has 0 aromatic heterocycles. The van der Waals surface area contributed by atoms with Crippen molar-refractivity contribution in [1.82, 2.24) is 0 Å². The third kappa shape index (κ3) is 2.55. The largest absolute Gasteiger partial charge is 0.320 e. The molecule has 0 aliphatic heterocycles. The summed E-state index contributed by atoms with van der Waals surface area (Å²) in [5, 5.41) is 3.22. The molecule has 3 aromatic rings. The van der Waals surface area contributed by atoms with Gasteiger partial charge in [-0.2, -0.15) is 0 Å². The molecule has 0 amide bonds. The highest BCUT2D eigenvalue weighted by Crippen LogP contribution is 2.31. The molecule has 0 saturated carbocycles. The number of aryl methyl sites for hydroxylation is 2. The van der Waals surface area contributed by atoms with Crippen molar-refractivity contribution >= 4 is 22.4 Å². The monoisotopic (exact) mass is 295 g/mol. The lowest BCUT2D eigenvalue weighted by molar-refractivity contribution is 0.870. The number of nitrogens with two attached hydrogens (primary N) is 1. The van der Waals surface area contributed by atoms with Crippen LogP contribution in [0.25, 0.3) is 10.8 Å². The highest BCUT2D eigenvalue weighted by Gasteiger charge is 2.15. The molecule has 1 unspecified atom stereocenters. The van der Waals surface area contributed by atoms with Crippen LogP contribution in [-0.2, 0) is 0 Å². The normalized spacial score (nSPS) is 12.6. The zero-order valence-electron chi connectivity index (χ0n) is 12.2. The van der Waals surface area contributed by atoms with Crippen LogP contribution in [0.4, 0.5) is 0 Å². The minimum absolute atomic E-state index is 0.146. The van der Waals surface area contributed by atoms with Crippen LogP contribution in [0, 0.1) is 13.8 Å². The van der Waals surface area contributed by atoms with Gasteiger partial charge in [0.15, 0.2) is 0 Å². The van der Waals surface area contributed by atoms with Crippen LogP contribution in [0.5, 0.6) is 0 Å². The van der Waals surface area contributed by atoms with E-state index >= 15 is 0 Å². The number of hydrogen-bond acceptors (Lipinski definition) is 1. The van der Waals surface area contributed by atoms with E-state index in [0.29, 0.717) is 0 Å². The molecule has 0 aliphatic carbocycles. The summed E-state index contributed by atoms with van der Waals surface area (Å²) in [6.45, 7) is 4.12. The SMILES string of the molecule is Cc1cc(C(N)c2c(C)ccc3ccccc23)ccc1Cl. The molecule has 3 aromatic carbocycles. The molecule has 106 valence electrons. The van der Waals surface area contributed by atoms with Crippen LogP contribution < -0.4 is 5.73 Å². The molecule has 0 fully saturated rings. The Hall–Kier alpha value is -1.83. The van der Waals surface area contributed by atoms with E-state index in [1.807, 2.05) is 19.1 Å². The smallest absolute Gasteiger partial charge is 0.0560 e. The van der Waals surface area contributed by atoms with Crippen LogP contribution >= 0.6 is 11.6 Å². The summed E-state index contributed by atoms with van der Waals surface area (Å²) in [5.74, 6) is 0. The molecule has 21 heavy (non-hydrogen) atoms. The zero-order chi connectivity index (χ0) is 15.0. The summed E-state index contributed by atoms with van der Waals surface area (Å²) >= 11 is 6.12. The van der Waals surface area contributed by atoms with E-state index < -0.39 is 0 Å². The average Bonchev–Trinajstić information content (AvgIpc) is 2.49. The van der Waals surface area contributed by atoms with E-state index in [1.165, 1.54) is 21.9 Å². The zero-order valence-corrected chi connectivity index (χ0v) is 13.0. The van der Waals surface area contributed by atoms with Gasteiger partial charge in [-0.15, -0.1) is 0 Å². The number of rotatable bonds is 2. The molecule has 0 radical (unpaired) electrons. The lowest BCUT2D eigenvalue weighted by Gasteiger charge is -2.19. The number of halogens is 1. The molecule has 3 rings (SSSR count). The second-order valence-electron chi connectivity index (χ2n) is 5.50. The van der Waals surface area contributed by atoms with E-state index in [-0.39, 0.29) is 6.04 Å². The van der Waals surface area contributed by atoms with Gasteiger partial charge in [0.25, 0.3) is 0 Å². The molecule has 1 atom stereocenters. The van der Waals surface area contributed by atoms with E-state index in [1.54, 1.807) is 0 Å². The second kappa shape index (κ2) is 5.51. The van der Waals surface area contributed by atoms with Gasteiger partial charge >= 0.3 is 0 Å². The molecule has 2 heteroatoms. The van der Waals surface area contributed by atoms with Gasteiger partial charge in [-0.25, -0.2) is 0 Å². The van der Waals surface area contributed by atoms with Gasteiger partial charge in [-0.05, 0) is 52.9 Å². The van der Waals surface area contributed by atoms with Gasteiger partial charge in [0.2, 0.25) is 0 Å². The van der Waals surface area contributed by atoms with Gasteiger partial charge in [0, 0.05) is 5.02 Å². The number of hydrogen-bond donors (Lipinski definition) is 1. The van der Waals surface area contributed by atoms with Gasteiger partial charge < -0.3 is 5.73 Å². The Balaban J connectivity index is 2.19. The van der Waals surface area contributed by atoms with Crippen molar-refractivity contribution in [2.75, 3.05) is 0 Å². The van der Waals surface area contributed by atoms with Gasteiger partial charge in [-0.3, -0.25) is 0 Å². The lowest BCUT2D eigenvalue weighted by atomic mass is 9.90. The fourth-order valence-electron chi connectivity index (χ4n) is 2.85. The minimum Gasteiger partial charge on any atom is -0.320 e. The molecule has 0 saturated heterocycles. The Labute approximate surface area is 130 Å². The predicted molar refractivity (Wildman–Crippen MR) is 90.9 cm³/mol. The Kier molecular flexibility index (Phi) is 3.71. The second-order valence-corrected chi connectivity index (χ2v) is 5.91. The van der Waals surface area contributed by atoms with Gasteiger partial charge in [0.1, 0.15) is 0 Å². The Morgan fingerprint density at radius 3 is 2.43 bits per heavy atom. The Morgan fingerprint density at radius 1 is 0.905 bits per heavy atom. The Bertz CT molecular complexity index is 808. The average molecular weight is 296 g/mol. The third-order valence-electron chi connectivity index (χ3n) is 4.04. The van der Waals surface area contributed by atoms with E-state index in [0.717, 1.165) is 16.1 Å². The van der Waals surface area contributed by atoms with E-state index in [2.05, 4.69) is 49.4 Å². The van der Waals surface area contributed by atoms with Crippen LogP contribution in [0.1, 0.15) is 28.3 Å². The van der Waals surface area contributed by atoms with E-state index in [9.17, 15) is 0 Å². The van der Waals surface area contributed by atoms with Crippen LogP contribution in [0.2, 0.25) is 5.02 Å². The molecular formula is C19H18ClN. The van der Waals surface area contributed by atoms with Crippen molar-refractivity contribution in [1.29, 1.82) is 0 Å². The summed E-state index contributed by atoms with van der Waals surface area (Å²) < 4.78 is 0. The van der Waals surface area contributed by atoms with Crippen molar-refractivity contribution in [2.24, 2.45) is 5.73 Å². The van der Waals surface area contributed by atoms with Crippen LogP contribution in [0.15, 0.2) is 54.6 Å². The quantitative estimate of drug-likeness (QED) is 0.694. The van der Waals surface area contributed by atoms with Crippen molar-refractivity contribution in [2.45, 2.75) is 19.9 Å². The summed E-state index contributed by atoms with van der Waals surface area (Å²) in [6, 6.07) is 18.5. The first-order valence-electron chi connectivity index (χ1n) is 7.08. The fraction of sp³-hybridized carbons (Fsp3) is 0.158. The van der Waals surface area contributed by atoms with Crippen LogP contribution in [0.3, 0.4) is 0 Å². The maximum absolute atomic E-state index is 6.56. The minimum atomic E-state index is -0.146. The lowest BCUT2D eigenvalue weighted by Crippen LogP contribution is -2.14. The Morgan fingerprint density at radius 2 is 1.67 bits per heavy atom. The highest BCUT2D eigenvalue weighted by atomic mass is 35.5. The number of fused-ring (bicyclic) bond motifs is 1. The van der Waals surface area contributed by atoms with Gasteiger partial charge in [-0.1, -0.05) is 60.1 Å². The molecule has 2 N–H and O–H groups in total. The topological polar surface area (TPSA) is 26.0 Å². The van der Waals surface area contributed by atoms with Crippen molar-refractivity contribution < 1.29 is 0 Å². The first kappa shape index (κ1) is 14.1. The van der Waals surface area contributed by atoms with Crippen molar-refractivity contribution in [3.8, 4) is 0 Å². The van der Waals surface area contributed by atoms with Crippen molar-refractivity contribution in [3.63, 3.8) is 0 Å². The summed E-state index contributed by atoms with van der Waals surface area (Å²) in [7, 11) is 0. The maximum atomic E-state index is 6.56. The molecule has 0 spiro atoms. The molecule has 0 heterocycles. The molecular weight excluding hydrogens is 278 g/mol. The molecule has 0 aliphatic rings. The summed E-state index contributed by atoms with van der Waals surface area (Å²) in [4.78, 5) is 0. The maximum Gasteiger partial charge on any atom is 0.0560 e. The summed E-state index contributed by atoms with van der Waals surface area (Å²) in [5.41, 5.74) is 11.1. The van der Waals surface area contributed by atoms with Crippen LogP contribution in [-0.4, -0.2) is 0 Å². The first-order valence-corrected chi connectivity index (χ1v) is 7.45.